The number of hydrogen-bond acceptors (Lipinski definition) is 4. The molecule has 0 saturated heterocycles. The number of aliphatic hydroxyl groups excluding tert-OH is 3. The molecular formula is C53H99NO4. The van der Waals surface area contributed by atoms with Crippen LogP contribution in [-0.2, 0) is 4.79 Å². The molecule has 0 aromatic carbocycles. The minimum Gasteiger partial charge on any atom is -0.394 e. The first-order chi connectivity index (χ1) is 28.5. The Balaban J connectivity index is 3.67. The normalized spacial score (nSPS) is 13.8. The van der Waals surface area contributed by atoms with Crippen LogP contribution in [0.3, 0.4) is 0 Å². The van der Waals surface area contributed by atoms with Crippen LogP contribution in [0.1, 0.15) is 258 Å². The van der Waals surface area contributed by atoms with Crippen LogP contribution >= 0.6 is 0 Å². The lowest BCUT2D eigenvalue weighted by atomic mass is 10.0. The largest absolute Gasteiger partial charge is 0.394 e. The highest BCUT2D eigenvalue weighted by Gasteiger charge is 2.20. The molecule has 58 heavy (non-hydrogen) atoms. The summed E-state index contributed by atoms with van der Waals surface area (Å²) in [4.78, 5) is 12.5. The van der Waals surface area contributed by atoms with E-state index in [-0.39, 0.29) is 18.9 Å². The van der Waals surface area contributed by atoms with Gasteiger partial charge in [-0.1, -0.05) is 229 Å². The summed E-state index contributed by atoms with van der Waals surface area (Å²) in [6.07, 6.45) is 62.8. The number of carbonyl (C=O) groups is 1. The molecule has 0 saturated carbocycles. The predicted octanol–water partition coefficient (Wildman–Crippen LogP) is 15.3. The van der Waals surface area contributed by atoms with E-state index >= 15 is 0 Å². The van der Waals surface area contributed by atoms with Crippen molar-refractivity contribution in [3.63, 3.8) is 0 Å². The van der Waals surface area contributed by atoms with E-state index in [9.17, 15) is 20.1 Å². The highest BCUT2D eigenvalue weighted by atomic mass is 16.3. The average Bonchev–Trinajstić information content (AvgIpc) is 3.22. The smallest absolute Gasteiger partial charge is 0.222 e. The number of hydrogen-bond donors (Lipinski definition) is 4. The highest BCUT2D eigenvalue weighted by Crippen LogP contribution is 2.15. The second kappa shape index (κ2) is 48.0. The lowest BCUT2D eigenvalue weighted by molar-refractivity contribution is -0.124. The van der Waals surface area contributed by atoms with Crippen LogP contribution in [0.4, 0.5) is 0 Å². The first-order valence-corrected chi connectivity index (χ1v) is 25.4. The van der Waals surface area contributed by atoms with E-state index in [0.29, 0.717) is 6.42 Å². The van der Waals surface area contributed by atoms with Crippen LogP contribution in [0.15, 0.2) is 48.6 Å². The van der Waals surface area contributed by atoms with Crippen molar-refractivity contribution in [1.29, 1.82) is 0 Å². The zero-order valence-electron chi connectivity index (χ0n) is 38.7. The second-order valence-corrected chi connectivity index (χ2v) is 17.4. The van der Waals surface area contributed by atoms with E-state index < -0.39 is 18.2 Å². The molecule has 5 nitrogen and oxygen atoms in total. The van der Waals surface area contributed by atoms with E-state index in [1.165, 1.54) is 193 Å². The van der Waals surface area contributed by atoms with Gasteiger partial charge in [-0.2, -0.15) is 0 Å². The second-order valence-electron chi connectivity index (χ2n) is 17.4. The molecule has 0 bridgehead atoms. The average molecular weight is 814 g/mol. The van der Waals surface area contributed by atoms with Gasteiger partial charge in [-0.15, -0.1) is 0 Å². The Kier molecular flexibility index (Phi) is 46.6. The third-order valence-electron chi connectivity index (χ3n) is 11.6. The zero-order valence-corrected chi connectivity index (χ0v) is 38.7. The van der Waals surface area contributed by atoms with Crippen molar-refractivity contribution in [3.8, 4) is 0 Å². The summed E-state index contributed by atoms with van der Waals surface area (Å²) < 4.78 is 0. The van der Waals surface area contributed by atoms with Gasteiger partial charge in [0, 0.05) is 0 Å². The van der Waals surface area contributed by atoms with Gasteiger partial charge >= 0.3 is 0 Å². The molecule has 0 heterocycles. The standard InChI is InChI=1S/C53H99NO4/c1-3-5-7-9-11-13-15-17-19-21-23-24-25-26-27-29-30-32-34-36-38-40-42-44-46-50(56)48-53(58)54-51(49-55)52(57)47-45-43-41-39-37-35-33-31-28-22-20-18-16-14-12-10-8-6-4-2/h26-28,31,37,39,45,47,50-52,55-57H,3-25,29-30,32-36,38,40-44,46,48-49H2,1-2H3,(H,54,58)/b27-26-,31-28+,39-37+,47-45+. The lowest BCUT2D eigenvalue weighted by Crippen LogP contribution is -2.45. The monoisotopic (exact) mass is 814 g/mol. The van der Waals surface area contributed by atoms with Crippen LogP contribution < -0.4 is 5.32 Å². The van der Waals surface area contributed by atoms with Crippen LogP contribution in [0.5, 0.6) is 0 Å². The minimum absolute atomic E-state index is 0.0000243. The third-order valence-corrected chi connectivity index (χ3v) is 11.6. The Labute approximate surface area is 361 Å². The number of carbonyl (C=O) groups excluding carboxylic acids is 1. The van der Waals surface area contributed by atoms with Crippen LogP contribution in [0.25, 0.3) is 0 Å². The van der Waals surface area contributed by atoms with Gasteiger partial charge in [-0.25, -0.2) is 0 Å². The maximum absolute atomic E-state index is 12.5. The van der Waals surface area contributed by atoms with Gasteiger partial charge in [0.25, 0.3) is 0 Å². The zero-order chi connectivity index (χ0) is 42.3. The van der Waals surface area contributed by atoms with Crippen LogP contribution in [0.2, 0.25) is 0 Å². The molecule has 0 aliphatic rings. The van der Waals surface area contributed by atoms with Crippen molar-refractivity contribution < 1.29 is 20.1 Å². The number of rotatable bonds is 46. The fraction of sp³-hybridized carbons (Fsp3) is 0.830. The Morgan fingerprint density at radius 2 is 0.741 bits per heavy atom. The molecule has 5 heteroatoms. The topological polar surface area (TPSA) is 89.8 Å². The van der Waals surface area contributed by atoms with Crippen molar-refractivity contribution in [2.24, 2.45) is 0 Å². The molecule has 0 aliphatic heterocycles. The summed E-state index contributed by atoms with van der Waals surface area (Å²) in [5, 5.41) is 33.3. The fourth-order valence-electron chi connectivity index (χ4n) is 7.66. The Bertz CT molecular complexity index is 943. The van der Waals surface area contributed by atoms with Gasteiger partial charge in [-0.3, -0.25) is 4.79 Å². The molecule has 0 spiro atoms. The quantitative estimate of drug-likeness (QED) is 0.0364. The van der Waals surface area contributed by atoms with Gasteiger partial charge < -0.3 is 20.6 Å². The molecule has 1 amide bonds. The number of nitrogens with one attached hydrogen (secondary N) is 1. The molecule has 0 radical (unpaired) electrons. The van der Waals surface area contributed by atoms with Gasteiger partial charge in [0.15, 0.2) is 0 Å². The number of aliphatic hydroxyl groups is 3. The summed E-state index contributed by atoms with van der Waals surface area (Å²) >= 11 is 0. The van der Waals surface area contributed by atoms with Gasteiger partial charge in [0.1, 0.15) is 0 Å². The SMILES string of the molecule is CCCCCCCCCCC/C=C/CC/C=C/CC/C=C/C(O)C(CO)NC(=O)CC(O)CCCCCCCCCC/C=C\CCCCCCCCCCCCCC. The molecule has 3 unspecified atom stereocenters. The molecule has 340 valence electrons. The number of allylic oxidation sites excluding steroid dienone is 7. The molecule has 0 aliphatic carbocycles. The number of unbranched alkanes of at least 4 members (excludes halogenated alkanes) is 31. The van der Waals surface area contributed by atoms with E-state index in [1.807, 2.05) is 6.08 Å². The lowest BCUT2D eigenvalue weighted by Gasteiger charge is -2.21. The maximum Gasteiger partial charge on any atom is 0.222 e. The Hall–Kier alpha value is -1.69. The molecule has 4 N–H and O–H groups in total. The molecule has 0 aromatic rings. The van der Waals surface area contributed by atoms with Gasteiger partial charge in [0.2, 0.25) is 5.91 Å². The van der Waals surface area contributed by atoms with Crippen molar-refractivity contribution >= 4 is 5.91 Å². The Morgan fingerprint density at radius 3 is 1.10 bits per heavy atom. The highest BCUT2D eigenvalue weighted by molar-refractivity contribution is 5.76. The first-order valence-electron chi connectivity index (χ1n) is 25.4. The van der Waals surface area contributed by atoms with E-state index in [1.54, 1.807) is 6.08 Å². The number of amides is 1. The molecule has 0 fully saturated rings. The van der Waals surface area contributed by atoms with Crippen molar-refractivity contribution in [1.82, 2.24) is 5.32 Å². The van der Waals surface area contributed by atoms with Gasteiger partial charge in [-0.05, 0) is 70.6 Å². The van der Waals surface area contributed by atoms with Crippen molar-refractivity contribution in [3.05, 3.63) is 48.6 Å². The summed E-state index contributed by atoms with van der Waals surface area (Å²) in [6.45, 7) is 4.21. The fourth-order valence-corrected chi connectivity index (χ4v) is 7.66. The summed E-state index contributed by atoms with van der Waals surface area (Å²) in [7, 11) is 0. The van der Waals surface area contributed by atoms with Gasteiger partial charge in [0.05, 0.1) is 31.3 Å². The van der Waals surface area contributed by atoms with E-state index in [2.05, 4.69) is 55.6 Å². The first kappa shape index (κ1) is 56.3. The Morgan fingerprint density at radius 1 is 0.431 bits per heavy atom. The minimum atomic E-state index is -0.962. The summed E-state index contributed by atoms with van der Waals surface area (Å²) in [5.41, 5.74) is 0. The van der Waals surface area contributed by atoms with Crippen molar-refractivity contribution in [2.45, 2.75) is 276 Å². The van der Waals surface area contributed by atoms with Crippen molar-refractivity contribution in [2.75, 3.05) is 6.61 Å². The molecule has 0 rings (SSSR count). The third kappa shape index (κ3) is 43.9. The molecule has 0 aromatic heterocycles. The predicted molar refractivity (Wildman–Crippen MR) is 254 cm³/mol. The van der Waals surface area contributed by atoms with E-state index in [0.717, 1.165) is 38.5 Å². The molecule has 3 atom stereocenters. The maximum atomic E-state index is 12.5. The van der Waals surface area contributed by atoms with Crippen LogP contribution in [-0.4, -0.2) is 46.1 Å². The van der Waals surface area contributed by atoms with Crippen LogP contribution in [0, 0.1) is 0 Å². The molecular weight excluding hydrogens is 715 g/mol. The summed E-state index contributed by atoms with van der Waals surface area (Å²) in [6, 6.07) is -0.770. The van der Waals surface area contributed by atoms with E-state index in [4.69, 9.17) is 0 Å². The summed E-state index contributed by atoms with van der Waals surface area (Å²) in [5.74, 6) is -0.330.